The number of pyridine rings is 1. The van der Waals surface area contributed by atoms with Crippen molar-refractivity contribution in [3.05, 3.63) is 78.8 Å². The van der Waals surface area contributed by atoms with Gasteiger partial charge in [0.25, 0.3) is 5.91 Å². The van der Waals surface area contributed by atoms with E-state index in [1.54, 1.807) is 24.5 Å². The molecule has 188 valence electrons. The highest BCUT2D eigenvalue weighted by molar-refractivity contribution is 6.02. The molecule has 1 saturated heterocycles. The maximum Gasteiger partial charge on any atom is 0.251 e. The lowest BCUT2D eigenvalue weighted by atomic mass is 10.1. The molecule has 0 radical (unpaired) electrons. The summed E-state index contributed by atoms with van der Waals surface area (Å²) in [5.74, 6) is -0.495. The second-order valence-corrected chi connectivity index (χ2v) is 9.23. The molecule has 0 spiro atoms. The fraction of sp³-hybridized carbons (Fsp3) is 0.172. The Bertz CT molecular complexity index is 1680. The Balaban J connectivity index is 1.11. The number of hydrogen-bond donors (Lipinski definition) is 2. The number of benzene rings is 2. The zero-order valence-electron chi connectivity index (χ0n) is 20.5. The quantitative estimate of drug-likeness (QED) is 0.254. The number of H-pyrrole nitrogens is 1. The Morgan fingerprint density at radius 3 is 2.50 bits per heavy atom. The molecule has 0 saturated carbocycles. The number of likely N-dealkylation sites (tertiary alicyclic amines) is 1. The highest BCUT2D eigenvalue weighted by Gasteiger charge is 2.27. The number of carbonyl (C=O) groups is 3. The normalized spacial score (nSPS) is 13.5. The molecular weight excluding hydrogens is 480 g/mol. The molecule has 0 atom stereocenters. The lowest BCUT2D eigenvalue weighted by Crippen LogP contribution is -2.33. The van der Waals surface area contributed by atoms with Crippen LogP contribution in [-0.2, 0) is 9.59 Å². The summed E-state index contributed by atoms with van der Waals surface area (Å²) in [5, 5.41) is 3.97. The Morgan fingerprint density at radius 1 is 0.895 bits per heavy atom. The van der Waals surface area contributed by atoms with Crippen molar-refractivity contribution in [3.8, 4) is 22.4 Å². The molecule has 9 nitrogen and oxygen atoms in total. The molecule has 3 aromatic heterocycles. The summed E-state index contributed by atoms with van der Waals surface area (Å²) in [6, 6.07) is 17.4. The molecule has 9 heteroatoms. The number of hydrogen-bond acceptors (Lipinski definition) is 6. The number of carbonyl (C=O) groups excluding carboxylic acids is 3. The monoisotopic (exact) mass is 504 g/mol. The molecule has 3 amide bonds. The van der Waals surface area contributed by atoms with E-state index in [9.17, 15) is 14.4 Å². The molecule has 0 aliphatic carbocycles. The third-order valence-corrected chi connectivity index (χ3v) is 6.73. The van der Waals surface area contributed by atoms with Gasteiger partial charge in [-0.2, -0.15) is 0 Å². The third kappa shape index (κ3) is 4.61. The van der Waals surface area contributed by atoms with Gasteiger partial charge in [-0.05, 0) is 53.8 Å². The van der Waals surface area contributed by atoms with Crippen LogP contribution in [0.1, 0.15) is 29.6 Å². The van der Waals surface area contributed by atoms with E-state index in [0.29, 0.717) is 41.9 Å². The maximum absolute atomic E-state index is 12.5. The minimum atomic E-state index is -0.216. The van der Waals surface area contributed by atoms with Crippen LogP contribution < -0.4 is 5.32 Å². The van der Waals surface area contributed by atoms with E-state index in [4.69, 9.17) is 0 Å². The first-order valence-corrected chi connectivity index (χ1v) is 12.5. The molecule has 0 bridgehead atoms. The number of aromatic nitrogens is 4. The molecule has 1 aliphatic heterocycles. The topological polar surface area (TPSA) is 121 Å². The number of nitrogens with one attached hydrogen (secondary N) is 2. The zero-order chi connectivity index (χ0) is 26.1. The van der Waals surface area contributed by atoms with Gasteiger partial charge < -0.3 is 10.3 Å². The van der Waals surface area contributed by atoms with E-state index < -0.39 is 0 Å². The number of rotatable bonds is 7. The lowest BCUT2D eigenvalue weighted by Gasteiger charge is -2.13. The molecule has 6 rings (SSSR count). The van der Waals surface area contributed by atoms with E-state index in [1.807, 2.05) is 36.5 Å². The van der Waals surface area contributed by atoms with Crippen LogP contribution in [0.5, 0.6) is 0 Å². The SMILES string of the molecule is O=C(NCCCN1C(=O)CCC1=O)c1ccc(-c2cnc3cc(-c4ccc5[nH]ccc5c4)cnc3n2)cc1. The first-order valence-electron chi connectivity index (χ1n) is 12.5. The van der Waals surface area contributed by atoms with Gasteiger partial charge in [0.05, 0.1) is 11.9 Å². The van der Waals surface area contributed by atoms with Gasteiger partial charge in [0.15, 0.2) is 5.65 Å². The molecule has 2 N–H and O–H groups in total. The van der Waals surface area contributed by atoms with Crippen molar-refractivity contribution in [2.45, 2.75) is 19.3 Å². The summed E-state index contributed by atoms with van der Waals surface area (Å²) in [5.41, 5.74) is 6.37. The zero-order valence-corrected chi connectivity index (χ0v) is 20.5. The summed E-state index contributed by atoms with van der Waals surface area (Å²) < 4.78 is 0. The highest BCUT2D eigenvalue weighted by Crippen LogP contribution is 2.26. The molecule has 2 aromatic carbocycles. The number of fused-ring (bicyclic) bond motifs is 2. The van der Waals surface area contributed by atoms with Crippen LogP contribution in [0.3, 0.4) is 0 Å². The predicted molar refractivity (Wildman–Crippen MR) is 143 cm³/mol. The number of nitrogens with zero attached hydrogens (tertiary/aromatic N) is 4. The number of aromatic amines is 1. The van der Waals surface area contributed by atoms with Gasteiger partial charge in [-0.3, -0.25) is 24.3 Å². The standard InChI is InChI=1S/C29H24N6O3/c36-26-8-9-27(37)35(26)13-1-11-31-29(38)19-4-2-18(3-5-19)25-17-32-24-15-22(16-33-28(24)34-25)20-6-7-23-21(14-20)10-12-30-23/h2-7,10,12,14-17,30H,1,8-9,11,13H2,(H,31,38). The molecular formula is C29H24N6O3. The molecule has 1 aliphatic rings. The van der Waals surface area contributed by atoms with E-state index in [1.165, 1.54) is 4.90 Å². The van der Waals surface area contributed by atoms with E-state index >= 15 is 0 Å². The van der Waals surface area contributed by atoms with Crippen molar-refractivity contribution in [2.75, 3.05) is 13.1 Å². The number of amides is 3. The Labute approximate surface area is 217 Å². The molecule has 38 heavy (non-hydrogen) atoms. The van der Waals surface area contributed by atoms with Crippen molar-refractivity contribution < 1.29 is 14.4 Å². The minimum absolute atomic E-state index is 0.140. The summed E-state index contributed by atoms with van der Waals surface area (Å²) in [6.45, 7) is 0.704. The number of imide groups is 1. The van der Waals surface area contributed by atoms with Crippen molar-refractivity contribution in [1.82, 2.24) is 30.2 Å². The molecule has 0 unspecified atom stereocenters. The smallest absolute Gasteiger partial charge is 0.251 e. The van der Waals surface area contributed by atoms with Crippen LogP contribution in [0.4, 0.5) is 0 Å². The van der Waals surface area contributed by atoms with Gasteiger partial charge in [0, 0.05) is 60.5 Å². The van der Waals surface area contributed by atoms with Crippen LogP contribution in [0, 0.1) is 0 Å². The highest BCUT2D eigenvalue weighted by atomic mass is 16.2. The lowest BCUT2D eigenvalue weighted by molar-refractivity contribution is -0.138. The van der Waals surface area contributed by atoms with Crippen molar-refractivity contribution in [2.24, 2.45) is 0 Å². The second kappa shape index (κ2) is 9.85. The van der Waals surface area contributed by atoms with Crippen molar-refractivity contribution in [3.63, 3.8) is 0 Å². The fourth-order valence-electron chi connectivity index (χ4n) is 4.64. The summed E-state index contributed by atoms with van der Waals surface area (Å²) in [7, 11) is 0. The van der Waals surface area contributed by atoms with E-state index in [0.717, 1.165) is 27.6 Å². The average Bonchev–Trinajstić information content (AvgIpc) is 3.55. The Kier molecular flexibility index (Phi) is 6.09. The minimum Gasteiger partial charge on any atom is -0.361 e. The van der Waals surface area contributed by atoms with Gasteiger partial charge in [-0.15, -0.1) is 0 Å². The summed E-state index contributed by atoms with van der Waals surface area (Å²) in [6.07, 6.45) is 6.51. The van der Waals surface area contributed by atoms with Crippen molar-refractivity contribution in [1.29, 1.82) is 0 Å². The fourth-order valence-corrected chi connectivity index (χ4v) is 4.64. The Hall–Kier alpha value is -4.92. The maximum atomic E-state index is 12.5. The van der Waals surface area contributed by atoms with Crippen LogP contribution in [0.15, 0.2) is 73.2 Å². The largest absolute Gasteiger partial charge is 0.361 e. The first kappa shape index (κ1) is 23.5. The second-order valence-electron chi connectivity index (χ2n) is 9.23. The van der Waals surface area contributed by atoms with Gasteiger partial charge in [-0.25, -0.2) is 9.97 Å². The van der Waals surface area contributed by atoms with Crippen LogP contribution in [0.25, 0.3) is 44.5 Å². The van der Waals surface area contributed by atoms with Gasteiger partial charge in [-0.1, -0.05) is 18.2 Å². The van der Waals surface area contributed by atoms with Crippen molar-refractivity contribution >= 4 is 39.8 Å². The third-order valence-electron chi connectivity index (χ3n) is 6.73. The summed E-state index contributed by atoms with van der Waals surface area (Å²) >= 11 is 0. The van der Waals surface area contributed by atoms with Crippen LogP contribution in [-0.4, -0.2) is 55.6 Å². The molecule has 5 aromatic rings. The van der Waals surface area contributed by atoms with Crippen LogP contribution >= 0.6 is 0 Å². The van der Waals surface area contributed by atoms with Gasteiger partial charge in [0.2, 0.25) is 11.8 Å². The van der Waals surface area contributed by atoms with Gasteiger partial charge in [0.1, 0.15) is 5.52 Å². The van der Waals surface area contributed by atoms with Gasteiger partial charge >= 0.3 is 0 Å². The Morgan fingerprint density at radius 2 is 1.68 bits per heavy atom. The predicted octanol–water partition coefficient (Wildman–Crippen LogP) is 4.11. The molecule has 4 heterocycles. The first-order chi connectivity index (χ1) is 18.5. The van der Waals surface area contributed by atoms with Crippen LogP contribution in [0.2, 0.25) is 0 Å². The van der Waals surface area contributed by atoms with E-state index in [2.05, 4.69) is 37.4 Å². The summed E-state index contributed by atoms with van der Waals surface area (Å²) in [4.78, 5) is 54.1. The molecule has 1 fully saturated rings. The average molecular weight is 505 g/mol. The van der Waals surface area contributed by atoms with E-state index in [-0.39, 0.29) is 30.6 Å².